The van der Waals surface area contributed by atoms with E-state index in [4.69, 9.17) is 4.98 Å². The highest BCUT2D eigenvalue weighted by Gasteiger charge is 2.19. The third-order valence-electron chi connectivity index (χ3n) is 4.87. The van der Waals surface area contributed by atoms with Gasteiger partial charge in [-0.15, -0.1) is 0 Å². The normalized spacial score (nSPS) is 11.6. The molecule has 0 aliphatic rings. The van der Waals surface area contributed by atoms with Crippen LogP contribution in [0.3, 0.4) is 0 Å². The Morgan fingerprint density at radius 1 is 1.22 bits per heavy atom. The van der Waals surface area contributed by atoms with Crippen LogP contribution in [0.4, 0.5) is 10.2 Å². The Morgan fingerprint density at radius 2 is 2.00 bits per heavy atom. The molecule has 0 atom stereocenters. The molecular weight excluding hydrogens is 341 g/mol. The standard InChI is InChI=1S/C18H21B2FN6/c1-25-9-22-15-16(25)13-7-14(26(2)17(13)24-18(15)27(3)20)11-4-10(8-23-19)5-12(21)6-11/h4-7,9,23H,8,19-20H2,1-3H3. The highest BCUT2D eigenvalue weighted by molar-refractivity contribution is 6.20. The molecule has 0 spiro atoms. The maximum atomic E-state index is 14.2. The zero-order chi connectivity index (χ0) is 19.3. The molecule has 6 nitrogen and oxygen atoms in total. The lowest BCUT2D eigenvalue weighted by Gasteiger charge is -2.13. The van der Waals surface area contributed by atoms with Crippen LogP contribution in [0.25, 0.3) is 33.3 Å². The first-order valence-corrected chi connectivity index (χ1v) is 8.83. The SMILES string of the molecule is BNCc1cc(F)cc(-c2cc3c4c(ncn4C)c(N(B)C)nc3n2C)c1. The van der Waals surface area contributed by atoms with E-state index < -0.39 is 0 Å². The molecule has 0 amide bonds. The minimum atomic E-state index is -0.240. The van der Waals surface area contributed by atoms with E-state index in [9.17, 15) is 4.39 Å². The van der Waals surface area contributed by atoms with Gasteiger partial charge in [-0.05, 0) is 36.9 Å². The number of halogens is 1. The van der Waals surface area contributed by atoms with Gasteiger partial charge in [0.15, 0.2) is 7.98 Å². The van der Waals surface area contributed by atoms with Crippen molar-refractivity contribution >= 4 is 43.8 Å². The van der Waals surface area contributed by atoms with E-state index >= 15 is 0 Å². The maximum Gasteiger partial charge on any atom is 0.219 e. The van der Waals surface area contributed by atoms with Crippen LogP contribution in [-0.2, 0) is 20.6 Å². The minimum Gasteiger partial charge on any atom is -0.408 e. The molecule has 0 saturated heterocycles. The Bertz CT molecular complexity index is 1160. The molecule has 136 valence electrons. The van der Waals surface area contributed by atoms with Gasteiger partial charge in [0.1, 0.15) is 22.8 Å². The van der Waals surface area contributed by atoms with E-state index in [-0.39, 0.29) is 5.82 Å². The number of hydrogen-bond donors (Lipinski definition) is 1. The van der Waals surface area contributed by atoms with Crippen molar-refractivity contribution in [1.82, 2.24) is 24.3 Å². The summed E-state index contributed by atoms with van der Waals surface area (Å²) in [6.45, 7) is 0.615. The monoisotopic (exact) mass is 362 g/mol. The first-order valence-electron chi connectivity index (χ1n) is 8.83. The van der Waals surface area contributed by atoms with Crippen LogP contribution >= 0.6 is 0 Å². The number of aryl methyl sites for hydroxylation is 2. The molecule has 0 bridgehead atoms. The zero-order valence-corrected chi connectivity index (χ0v) is 16.2. The van der Waals surface area contributed by atoms with Gasteiger partial charge < -0.3 is 19.2 Å². The average molecular weight is 362 g/mol. The van der Waals surface area contributed by atoms with Crippen molar-refractivity contribution in [1.29, 1.82) is 0 Å². The van der Waals surface area contributed by atoms with Gasteiger partial charge in [-0.2, -0.15) is 0 Å². The molecule has 9 heteroatoms. The Morgan fingerprint density at radius 3 is 2.70 bits per heavy atom. The molecule has 3 aromatic heterocycles. The molecule has 0 saturated carbocycles. The van der Waals surface area contributed by atoms with Crippen LogP contribution in [0.5, 0.6) is 0 Å². The summed E-state index contributed by atoms with van der Waals surface area (Å²) < 4.78 is 18.2. The Balaban J connectivity index is 2.03. The lowest BCUT2D eigenvalue weighted by molar-refractivity contribution is 0.625. The number of aromatic nitrogens is 4. The summed E-state index contributed by atoms with van der Waals surface area (Å²) in [5.74, 6) is 0.580. The van der Waals surface area contributed by atoms with E-state index in [0.29, 0.717) is 6.54 Å². The highest BCUT2D eigenvalue weighted by atomic mass is 19.1. The van der Waals surface area contributed by atoms with Gasteiger partial charge in [0, 0.05) is 31.6 Å². The molecular formula is C18H21B2FN6. The summed E-state index contributed by atoms with van der Waals surface area (Å²) in [4.78, 5) is 11.4. The summed E-state index contributed by atoms with van der Waals surface area (Å²) in [6.07, 6.45) is 1.80. The molecule has 1 aromatic carbocycles. The molecule has 4 aromatic rings. The number of benzene rings is 1. The van der Waals surface area contributed by atoms with Crippen molar-refractivity contribution in [3.63, 3.8) is 0 Å². The maximum absolute atomic E-state index is 14.2. The van der Waals surface area contributed by atoms with E-state index in [0.717, 1.165) is 44.7 Å². The van der Waals surface area contributed by atoms with Crippen molar-refractivity contribution in [3.8, 4) is 11.3 Å². The quantitative estimate of drug-likeness (QED) is 0.548. The van der Waals surface area contributed by atoms with Gasteiger partial charge in [0.2, 0.25) is 7.98 Å². The Kier molecular flexibility index (Phi) is 4.19. The van der Waals surface area contributed by atoms with Crippen LogP contribution in [0.2, 0.25) is 0 Å². The number of fused-ring (bicyclic) bond motifs is 3. The summed E-state index contributed by atoms with van der Waals surface area (Å²) in [5.41, 5.74) is 5.41. The summed E-state index contributed by atoms with van der Waals surface area (Å²) in [5, 5.41) is 4.08. The Hall–Kier alpha value is -2.80. The third kappa shape index (κ3) is 2.78. The van der Waals surface area contributed by atoms with Gasteiger partial charge in [0.05, 0.1) is 17.5 Å². The van der Waals surface area contributed by atoms with Gasteiger partial charge in [-0.3, -0.25) is 0 Å². The average Bonchev–Trinajstić information content (AvgIpc) is 3.15. The molecule has 0 aliphatic carbocycles. The number of pyridine rings is 1. The predicted molar refractivity (Wildman–Crippen MR) is 113 cm³/mol. The number of imidazole rings is 1. The molecule has 1 N–H and O–H groups in total. The molecule has 3 heterocycles. The smallest absolute Gasteiger partial charge is 0.219 e. The molecule has 0 fully saturated rings. The van der Waals surface area contributed by atoms with Gasteiger partial charge in [-0.1, -0.05) is 0 Å². The first-order chi connectivity index (χ1) is 12.9. The fraction of sp³-hybridized carbons (Fsp3) is 0.222. The molecule has 27 heavy (non-hydrogen) atoms. The fourth-order valence-electron chi connectivity index (χ4n) is 3.66. The molecule has 4 rings (SSSR count). The van der Waals surface area contributed by atoms with Crippen LogP contribution in [-0.4, -0.2) is 42.1 Å². The number of hydrogen-bond acceptors (Lipinski definition) is 4. The van der Waals surface area contributed by atoms with Crippen molar-refractivity contribution in [2.24, 2.45) is 14.1 Å². The van der Waals surface area contributed by atoms with Crippen LogP contribution in [0.1, 0.15) is 5.56 Å². The van der Waals surface area contributed by atoms with Crippen molar-refractivity contribution in [3.05, 3.63) is 42.0 Å². The summed E-state index contributed by atoms with van der Waals surface area (Å²) in [7, 11) is 9.72. The van der Waals surface area contributed by atoms with Crippen LogP contribution in [0, 0.1) is 5.82 Å². The van der Waals surface area contributed by atoms with Gasteiger partial charge >= 0.3 is 0 Å². The fourth-order valence-corrected chi connectivity index (χ4v) is 3.66. The Labute approximate surface area is 158 Å². The summed E-state index contributed by atoms with van der Waals surface area (Å²) >= 11 is 0. The van der Waals surface area contributed by atoms with Gasteiger partial charge in [-0.25, -0.2) is 14.4 Å². The molecule has 0 aliphatic heterocycles. The van der Waals surface area contributed by atoms with Crippen LogP contribution < -0.4 is 10.0 Å². The van der Waals surface area contributed by atoms with Crippen LogP contribution in [0.15, 0.2) is 30.6 Å². The topological polar surface area (TPSA) is 50.9 Å². The zero-order valence-electron chi connectivity index (χ0n) is 16.2. The highest BCUT2D eigenvalue weighted by Crippen LogP contribution is 2.34. The molecule has 0 radical (unpaired) electrons. The van der Waals surface area contributed by atoms with Crippen molar-refractivity contribution in [2.45, 2.75) is 6.54 Å². The number of nitrogens with one attached hydrogen (secondary N) is 1. The summed E-state index contributed by atoms with van der Waals surface area (Å²) in [6, 6.07) is 7.22. The van der Waals surface area contributed by atoms with E-state index in [1.165, 1.54) is 0 Å². The largest absolute Gasteiger partial charge is 0.408 e. The number of anilines is 1. The number of rotatable bonds is 4. The second-order valence-electron chi connectivity index (χ2n) is 7.09. The van der Waals surface area contributed by atoms with E-state index in [1.807, 2.05) is 57.1 Å². The second kappa shape index (κ2) is 6.42. The lowest BCUT2D eigenvalue weighted by atomic mass is 10.1. The second-order valence-corrected chi connectivity index (χ2v) is 7.09. The van der Waals surface area contributed by atoms with Gasteiger partial charge in [0.25, 0.3) is 0 Å². The van der Waals surface area contributed by atoms with E-state index in [1.54, 1.807) is 18.5 Å². The minimum absolute atomic E-state index is 0.240. The third-order valence-corrected chi connectivity index (χ3v) is 4.87. The molecule has 0 unspecified atom stereocenters. The predicted octanol–water partition coefficient (Wildman–Crippen LogP) is 0.888. The van der Waals surface area contributed by atoms with Crippen molar-refractivity contribution < 1.29 is 4.39 Å². The lowest BCUT2D eigenvalue weighted by Crippen LogP contribution is -2.14. The van der Waals surface area contributed by atoms with Crippen molar-refractivity contribution in [2.75, 3.05) is 11.9 Å². The number of nitrogens with zero attached hydrogens (tertiary/aromatic N) is 5. The first kappa shape index (κ1) is 17.6. The van der Waals surface area contributed by atoms with E-state index in [2.05, 4.69) is 16.3 Å².